The Hall–Kier alpha value is -2.15. The zero-order valence-electron chi connectivity index (χ0n) is 10.2. The van der Waals surface area contributed by atoms with E-state index in [1.54, 1.807) is 13.0 Å². The van der Waals surface area contributed by atoms with E-state index in [0.29, 0.717) is 11.1 Å². The second-order valence-corrected chi connectivity index (χ2v) is 6.15. The zero-order chi connectivity index (χ0) is 14.2. The molecular formula is C12H11NO5S. The lowest BCUT2D eigenvalue weighted by molar-refractivity contribution is 0.0686. The molecule has 1 aromatic heterocycles. The van der Waals surface area contributed by atoms with Gasteiger partial charge in [-0.05, 0) is 30.7 Å². The van der Waals surface area contributed by atoms with Crippen LogP contribution in [0.15, 0.2) is 33.7 Å². The molecule has 0 unspecified atom stereocenters. The van der Waals surface area contributed by atoms with Gasteiger partial charge in [-0.15, -0.1) is 0 Å². The summed E-state index contributed by atoms with van der Waals surface area (Å²) in [5, 5.41) is 12.2. The van der Waals surface area contributed by atoms with Gasteiger partial charge in [0, 0.05) is 17.9 Å². The van der Waals surface area contributed by atoms with E-state index >= 15 is 0 Å². The number of carboxylic acids is 1. The van der Waals surface area contributed by atoms with Crippen LogP contribution in [0.5, 0.6) is 0 Å². The summed E-state index contributed by atoms with van der Waals surface area (Å²) in [4.78, 5) is 10.9. The Balaban J connectivity index is 2.49. The molecule has 6 nitrogen and oxygen atoms in total. The van der Waals surface area contributed by atoms with E-state index in [0.717, 1.165) is 6.26 Å². The summed E-state index contributed by atoms with van der Waals surface area (Å²) in [6.07, 6.45) is 1.12. The van der Waals surface area contributed by atoms with E-state index < -0.39 is 15.8 Å². The molecule has 0 aliphatic heterocycles. The Labute approximate surface area is 109 Å². The third-order valence-electron chi connectivity index (χ3n) is 2.62. The number of sulfone groups is 1. The second kappa shape index (κ2) is 4.51. The van der Waals surface area contributed by atoms with Crippen molar-refractivity contribution in [1.82, 2.24) is 5.16 Å². The van der Waals surface area contributed by atoms with Crippen LogP contribution in [0.4, 0.5) is 0 Å². The number of aromatic nitrogens is 1. The average Bonchev–Trinajstić information content (AvgIpc) is 2.76. The molecule has 1 N–H and O–H groups in total. The fraction of sp³-hybridized carbons (Fsp3) is 0.167. The number of hydrogen-bond acceptors (Lipinski definition) is 5. The normalized spacial score (nSPS) is 11.5. The summed E-state index contributed by atoms with van der Waals surface area (Å²) in [5.74, 6) is -0.893. The van der Waals surface area contributed by atoms with Crippen molar-refractivity contribution in [2.45, 2.75) is 11.8 Å². The summed E-state index contributed by atoms with van der Waals surface area (Å²) < 4.78 is 27.8. The van der Waals surface area contributed by atoms with Crippen LogP contribution < -0.4 is 0 Å². The van der Waals surface area contributed by atoms with Crippen molar-refractivity contribution in [3.63, 3.8) is 0 Å². The van der Waals surface area contributed by atoms with Crippen LogP contribution in [0.25, 0.3) is 11.3 Å². The number of aryl methyl sites for hydroxylation is 1. The standard InChI is InChI=1S/C12H11NO5S/c1-7-5-8(19(2,16)17)3-4-9(7)11-6-10(12(14)15)13-18-11/h3-6H,1-2H3,(H,14,15). The van der Waals surface area contributed by atoms with Crippen molar-refractivity contribution in [2.24, 2.45) is 0 Å². The van der Waals surface area contributed by atoms with E-state index in [9.17, 15) is 13.2 Å². The summed E-state index contributed by atoms with van der Waals surface area (Å²) in [7, 11) is -3.27. The highest BCUT2D eigenvalue weighted by atomic mass is 32.2. The molecule has 0 amide bonds. The maximum absolute atomic E-state index is 11.4. The minimum atomic E-state index is -3.27. The Morgan fingerprint density at radius 1 is 1.32 bits per heavy atom. The first-order chi connectivity index (χ1) is 8.79. The van der Waals surface area contributed by atoms with Crippen LogP contribution >= 0.6 is 0 Å². The Kier molecular flexibility index (Phi) is 3.15. The molecular weight excluding hydrogens is 270 g/mol. The third kappa shape index (κ3) is 2.65. The quantitative estimate of drug-likeness (QED) is 0.920. The van der Waals surface area contributed by atoms with E-state index in [4.69, 9.17) is 9.63 Å². The van der Waals surface area contributed by atoms with Gasteiger partial charge in [0.05, 0.1) is 4.90 Å². The van der Waals surface area contributed by atoms with Crippen LogP contribution in [-0.2, 0) is 9.84 Å². The molecule has 19 heavy (non-hydrogen) atoms. The molecule has 100 valence electrons. The number of nitrogens with zero attached hydrogens (tertiary/aromatic N) is 1. The molecule has 0 saturated heterocycles. The van der Waals surface area contributed by atoms with Crippen molar-refractivity contribution < 1.29 is 22.8 Å². The second-order valence-electron chi connectivity index (χ2n) is 4.13. The predicted octanol–water partition coefficient (Wildman–Crippen LogP) is 1.75. The van der Waals surface area contributed by atoms with Gasteiger partial charge in [-0.25, -0.2) is 13.2 Å². The molecule has 1 aromatic carbocycles. The number of hydrogen-bond donors (Lipinski definition) is 1. The van der Waals surface area contributed by atoms with E-state index in [2.05, 4.69) is 5.16 Å². The Morgan fingerprint density at radius 2 is 2.00 bits per heavy atom. The molecule has 0 radical (unpaired) electrons. The van der Waals surface area contributed by atoms with Crippen molar-refractivity contribution in [3.05, 3.63) is 35.5 Å². The van der Waals surface area contributed by atoms with Crippen molar-refractivity contribution in [1.29, 1.82) is 0 Å². The molecule has 0 fully saturated rings. The fourth-order valence-corrected chi connectivity index (χ4v) is 2.35. The zero-order valence-corrected chi connectivity index (χ0v) is 11.1. The van der Waals surface area contributed by atoms with Crippen molar-refractivity contribution >= 4 is 15.8 Å². The molecule has 0 saturated carbocycles. The largest absolute Gasteiger partial charge is 0.476 e. The lowest BCUT2D eigenvalue weighted by atomic mass is 10.1. The smallest absolute Gasteiger partial charge is 0.358 e. The van der Waals surface area contributed by atoms with Gasteiger partial charge < -0.3 is 9.63 Å². The maximum atomic E-state index is 11.4. The summed E-state index contributed by atoms with van der Waals surface area (Å²) in [5.41, 5.74) is 1.07. The molecule has 0 aliphatic rings. The summed E-state index contributed by atoms with van der Waals surface area (Å²) >= 11 is 0. The number of carboxylic acid groups (broad SMARTS) is 1. The average molecular weight is 281 g/mol. The van der Waals surface area contributed by atoms with Crippen LogP contribution in [0.2, 0.25) is 0 Å². The molecule has 2 rings (SSSR count). The van der Waals surface area contributed by atoms with Gasteiger partial charge in [-0.1, -0.05) is 5.16 Å². The van der Waals surface area contributed by atoms with Gasteiger partial charge in [-0.2, -0.15) is 0 Å². The van der Waals surface area contributed by atoms with Gasteiger partial charge in [0.1, 0.15) is 0 Å². The number of carbonyl (C=O) groups is 1. The van der Waals surface area contributed by atoms with Crippen molar-refractivity contribution in [2.75, 3.05) is 6.26 Å². The van der Waals surface area contributed by atoms with Gasteiger partial charge in [0.15, 0.2) is 21.3 Å². The highest BCUT2D eigenvalue weighted by Gasteiger charge is 2.15. The van der Waals surface area contributed by atoms with Gasteiger partial charge >= 0.3 is 5.97 Å². The van der Waals surface area contributed by atoms with E-state index in [1.165, 1.54) is 18.2 Å². The summed E-state index contributed by atoms with van der Waals surface area (Å²) in [6.45, 7) is 1.72. The summed E-state index contributed by atoms with van der Waals surface area (Å²) in [6, 6.07) is 5.82. The first kappa shape index (κ1) is 13.3. The van der Waals surface area contributed by atoms with Crippen LogP contribution in [0.1, 0.15) is 16.1 Å². The van der Waals surface area contributed by atoms with Crippen LogP contribution in [0, 0.1) is 6.92 Å². The SMILES string of the molecule is Cc1cc(S(C)(=O)=O)ccc1-c1cc(C(=O)O)no1. The third-order valence-corrected chi connectivity index (χ3v) is 3.73. The maximum Gasteiger partial charge on any atom is 0.358 e. The molecule has 7 heteroatoms. The molecule has 2 aromatic rings. The van der Waals surface area contributed by atoms with E-state index in [1.807, 2.05) is 0 Å². The highest BCUT2D eigenvalue weighted by Crippen LogP contribution is 2.26. The minimum Gasteiger partial charge on any atom is -0.476 e. The van der Waals surface area contributed by atoms with Crippen LogP contribution in [-0.4, -0.2) is 30.9 Å². The molecule has 1 heterocycles. The lowest BCUT2D eigenvalue weighted by Crippen LogP contribution is -1.97. The topological polar surface area (TPSA) is 97.5 Å². The van der Waals surface area contributed by atoms with Crippen LogP contribution in [0.3, 0.4) is 0 Å². The first-order valence-corrected chi connectivity index (χ1v) is 7.19. The monoisotopic (exact) mass is 281 g/mol. The molecule has 0 bridgehead atoms. The number of aromatic carboxylic acids is 1. The number of benzene rings is 1. The molecule has 0 aliphatic carbocycles. The van der Waals surface area contributed by atoms with E-state index in [-0.39, 0.29) is 16.3 Å². The minimum absolute atomic E-state index is 0.193. The highest BCUT2D eigenvalue weighted by molar-refractivity contribution is 7.90. The Bertz CT molecular complexity index is 745. The van der Waals surface area contributed by atoms with Gasteiger partial charge in [0.2, 0.25) is 0 Å². The molecule has 0 spiro atoms. The number of rotatable bonds is 3. The Morgan fingerprint density at radius 3 is 2.47 bits per heavy atom. The van der Waals surface area contributed by atoms with Gasteiger partial charge in [-0.3, -0.25) is 0 Å². The first-order valence-electron chi connectivity index (χ1n) is 5.30. The van der Waals surface area contributed by atoms with Gasteiger partial charge in [0.25, 0.3) is 0 Å². The van der Waals surface area contributed by atoms with Crippen molar-refractivity contribution in [3.8, 4) is 11.3 Å². The fourth-order valence-electron chi connectivity index (χ4n) is 1.65. The predicted molar refractivity (Wildman–Crippen MR) is 66.7 cm³/mol. The lowest BCUT2D eigenvalue weighted by Gasteiger charge is -2.04. The molecule has 0 atom stereocenters.